The van der Waals surface area contributed by atoms with Gasteiger partial charge in [0.1, 0.15) is 0 Å². The van der Waals surface area contributed by atoms with Crippen molar-refractivity contribution >= 4 is 33.2 Å². The molecule has 23 heavy (non-hydrogen) atoms. The van der Waals surface area contributed by atoms with Gasteiger partial charge in [0.25, 0.3) is 0 Å². The molecule has 114 valence electrons. The minimum absolute atomic E-state index is 1.03. The highest BCUT2D eigenvalue weighted by atomic mass is 15.1. The summed E-state index contributed by atoms with van der Waals surface area (Å²) in [5, 5.41) is 2.43. The van der Waals surface area contributed by atoms with Gasteiger partial charge in [-0.05, 0) is 43.3 Å². The maximum Gasteiger partial charge on any atom is 0.0726 e. The Morgan fingerprint density at radius 2 is 1.83 bits per heavy atom. The number of fused-ring (bicyclic) bond motifs is 2. The second-order valence-electron chi connectivity index (χ2n) is 6.03. The number of benzene rings is 2. The predicted molar refractivity (Wildman–Crippen MR) is 97.5 cm³/mol. The molecule has 0 N–H and O–H groups in total. The Balaban J connectivity index is 1.88. The van der Waals surface area contributed by atoms with Gasteiger partial charge in [-0.15, -0.1) is 0 Å². The Morgan fingerprint density at radius 3 is 2.70 bits per heavy atom. The van der Waals surface area contributed by atoms with Gasteiger partial charge >= 0.3 is 0 Å². The zero-order valence-corrected chi connectivity index (χ0v) is 13.6. The number of hydrogen-bond acceptors (Lipinski definition) is 2. The van der Waals surface area contributed by atoms with Crippen LogP contribution < -0.4 is 4.90 Å². The van der Waals surface area contributed by atoms with Crippen LogP contribution in [0.4, 0.5) is 11.4 Å². The molecule has 0 saturated carbocycles. The number of pyridine rings is 1. The maximum absolute atomic E-state index is 4.64. The van der Waals surface area contributed by atoms with Crippen LogP contribution >= 0.6 is 0 Å². The van der Waals surface area contributed by atoms with E-state index in [4.69, 9.17) is 0 Å². The summed E-state index contributed by atoms with van der Waals surface area (Å²) in [4.78, 5) is 6.88. The molecule has 4 rings (SSSR count). The number of aryl methyl sites for hydroxylation is 2. The highest BCUT2D eigenvalue weighted by Gasteiger charge is 2.11. The molecule has 0 saturated heterocycles. The first-order chi connectivity index (χ1) is 11.1. The van der Waals surface area contributed by atoms with Crippen molar-refractivity contribution in [3.05, 3.63) is 66.5 Å². The van der Waals surface area contributed by atoms with Crippen molar-refractivity contribution in [3.8, 4) is 0 Å². The third-order valence-corrected chi connectivity index (χ3v) is 4.44. The van der Waals surface area contributed by atoms with E-state index in [-0.39, 0.29) is 0 Å². The molecule has 3 nitrogen and oxygen atoms in total. The van der Waals surface area contributed by atoms with E-state index in [1.807, 2.05) is 13.0 Å². The van der Waals surface area contributed by atoms with Gasteiger partial charge in [0.15, 0.2) is 0 Å². The highest BCUT2D eigenvalue weighted by Crippen LogP contribution is 2.32. The average Bonchev–Trinajstić information content (AvgIpc) is 2.94. The molecule has 0 fully saturated rings. The minimum atomic E-state index is 1.03. The fourth-order valence-corrected chi connectivity index (χ4v) is 3.18. The van der Waals surface area contributed by atoms with E-state index in [2.05, 4.69) is 83.3 Å². The smallest absolute Gasteiger partial charge is 0.0726 e. The van der Waals surface area contributed by atoms with Gasteiger partial charge in [0.2, 0.25) is 0 Å². The van der Waals surface area contributed by atoms with Crippen molar-refractivity contribution < 1.29 is 0 Å². The quantitative estimate of drug-likeness (QED) is 0.530. The summed E-state index contributed by atoms with van der Waals surface area (Å²) in [6, 6.07) is 19.2. The van der Waals surface area contributed by atoms with Gasteiger partial charge in [-0.25, -0.2) is 0 Å². The van der Waals surface area contributed by atoms with E-state index in [1.165, 1.54) is 27.7 Å². The molecule has 3 heteroatoms. The SMILES string of the molecule is Cc1cc(N(C)c2ccc3c(ccn3C)c2)c2ccccc2n1. The molecule has 2 aromatic heterocycles. The standard InChI is InChI=1S/C20H19N3/c1-14-12-20(17-6-4-5-7-18(17)21-14)23(3)16-8-9-19-15(13-16)10-11-22(19)2/h4-13H,1-3H3. The lowest BCUT2D eigenvalue weighted by atomic mass is 10.1. The first-order valence-corrected chi connectivity index (χ1v) is 7.79. The third kappa shape index (κ3) is 2.25. The molecule has 0 spiro atoms. The van der Waals surface area contributed by atoms with Crippen molar-refractivity contribution in [2.24, 2.45) is 7.05 Å². The fourth-order valence-electron chi connectivity index (χ4n) is 3.18. The molecule has 2 aromatic carbocycles. The van der Waals surface area contributed by atoms with E-state index < -0.39 is 0 Å². The predicted octanol–water partition coefficient (Wildman–Crippen LogP) is 4.80. The van der Waals surface area contributed by atoms with Crippen molar-refractivity contribution in [2.75, 3.05) is 11.9 Å². The number of rotatable bonds is 2. The number of hydrogen-bond donors (Lipinski definition) is 0. The van der Waals surface area contributed by atoms with Gasteiger partial charge in [0, 0.05) is 48.0 Å². The Bertz CT molecular complexity index is 1010. The topological polar surface area (TPSA) is 21.1 Å². The summed E-state index contributed by atoms with van der Waals surface area (Å²) in [5.74, 6) is 0. The lowest BCUT2D eigenvalue weighted by Crippen LogP contribution is -2.10. The van der Waals surface area contributed by atoms with Gasteiger partial charge < -0.3 is 9.47 Å². The highest BCUT2D eigenvalue weighted by molar-refractivity contribution is 5.95. The summed E-state index contributed by atoms with van der Waals surface area (Å²) in [6.07, 6.45) is 2.10. The monoisotopic (exact) mass is 301 g/mol. The van der Waals surface area contributed by atoms with Crippen molar-refractivity contribution in [2.45, 2.75) is 6.92 Å². The average molecular weight is 301 g/mol. The second-order valence-corrected chi connectivity index (χ2v) is 6.03. The molecular formula is C20H19N3. The molecule has 0 unspecified atom stereocenters. The van der Waals surface area contributed by atoms with Crippen LogP contribution in [0.3, 0.4) is 0 Å². The third-order valence-electron chi connectivity index (χ3n) is 4.44. The van der Waals surface area contributed by atoms with E-state index >= 15 is 0 Å². The van der Waals surface area contributed by atoms with E-state index in [9.17, 15) is 0 Å². The fraction of sp³-hybridized carbons (Fsp3) is 0.150. The summed E-state index contributed by atoms with van der Waals surface area (Å²) in [7, 11) is 4.19. The van der Waals surface area contributed by atoms with Crippen LogP contribution in [0.2, 0.25) is 0 Å². The largest absolute Gasteiger partial charge is 0.351 e. The lowest BCUT2D eigenvalue weighted by molar-refractivity contribution is 0.969. The summed E-state index contributed by atoms with van der Waals surface area (Å²) < 4.78 is 2.14. The molecule has 0 radical (unpaired) electrons. The van der Waals surface area contributed by atoms with Gasteiger partial charge in [0.05, 0.1) is 11.2 Å². The van der Waals surface area contributed by atoms with Crippen LogP contribution in [0.25, 0.3) is 21.8 Å². The summed E-state index contributed by atoms with van der Waals surface area (Å²) in [5.41, 5.74) is 5.68. The first-order valence-electron chi connectivity index (χ1n) is 7.79. The van der Waals surface area contributed by atoms with E-state index in [0.29, 0.717) is 0 Å². The molecule has 0 aliphatic carbocycles. The van der Waals surface area contributed by atoms with Crippen LogP contribution in [0.15, 0.2) is 60.8 Å². The lowest BCUT2D eigenvalue weighted by Gasteiger charge is -2.22. The van der Waals surface area contributed by atoms with Crippen LogP contribution in [-0.4, -0.2) is 16.6 Å². The number of aromatic nitrogens is 2. The molecular weight excluding hydrogens is 282 g/mol. The summed E-state index contributed by atoms with van der Waals surface area (Å²) >= 11 is 0. The molecule has 0 atom stereocenters. The number of para-hydroxylation sites is 1. The van der Waals surface area contributed by atoms with Crippen molar-refractivity contribution in [1.29, 1.82) is 0 Å². The van der Waals surface area contributed by atoms with Crippen LogP contribution in [0.1, 0.15) is 5.69 Å². The van der Waals surface area contributed by atoms with Gasteiger partial charge in [-0.1, -0.05) is 18.2 Å². The minimum Gasteiger partial charge on any atom is -0.351 e. The first kappa shape index (κ1) is 13.8. The van der Waals surface area contributed by atoms with Gasteiger partial charge in [-0.3, -0.25) is 4.98 Å². The zero-order chi connectivity index (χ0) is 16.0. The Morgan fingerprint density at radius 1 is 1.00 bits per heavy atom. The van der Waals surface area contributed by atoms with Crippen LogP contribution in [0.5, 0.6) is 0 Å². The molecule has 0 aliphatic heterocycles. The normalized spacial score (nSPS) is 11.3. The molecule has 0 bridgehead atoms. The molecule has 4 aromatic rings. The molecule has 2 heterocycles. The van der Waals surface area contributed by atoms with E-state index in [1.54, 1.807) is 0 Å². The van der Waals surface area contributed by atoms with Crippen molar-refractivity contribution in [1.82, 2.24) is 9.55 Å². The Labute approximate surface area is 135 Å². The zero-order valence-electron chi connectivity index (χ0n) is 13.6. The van der Waals surface area contributed by atoms with E-state index in [0.717, 1.165) is 11.2 Å². The Kier molecular flexibility index (Phi) is 3.08. The Hall–Kier alpha value is -2.81. The maximum atomic E-state index is 4.64. The molecule has 0 amide bonds. The number of anilines is 2. The molecule has 0 aliphatic rings. The van der Waals surface area contributed by atoms with Crippen LogP contribution in [0, 0.1) is 6.92 Å². The summed E-state index contributed by atoms with van der Waals surface area (Å²) in [6.45, 7) is 2.05. The number of nitrogens with zero attached hydrogens (tertiary/aromatic N) is 3. The second kappa shape index (κ2) is 5.13. The van der Waals surface area contributed by atoms with Crippen LogP contribution in [-0.2, 0) is 7.05 Å². The van der Waals surface area contributed by atoms with Crippen molar-refractivity contribution in [3.63, 3.8) is 0 Å². The van der Waals surface area contributed by atoms with Gasteiger partial charge in [-0.2, -0.15) is 0 Å².